The van der Waals surface area contributed by atoms with Crippen LogP contribution in [0.25, 0.3) is 0 Å². The van der Waals surface area contributed by atoms with E-state index in [1.54, 1.807) is 7.11 Å². The minimum atomic E-state index is -0.844. The fourth-order valence-electron chi connectivity index (χ4n) is 1.39. The summed E-state index contributed by atoms with van der Waals surface area (Å²) < 4.78 is 4.87. The standard InChI is InChI=1S/C9H16N2O4/c1-6(5-15-2)10-9(14)11-3-7(4-11)8(12)13/h6-7H,3-5H2,1-2H3,(H,10,14)(H,12,13). The van der Waals surface area contributed by atoms with E-state index >= 15 is 0 Å². The summed E-state index contributed by atoms with van der Waals surface area (Å²) in [6, 6.07) is -0.288. The van der Waals surface area contributed by atoms with E-state index < -0.39 is 11.9 Å². The van der Waals surface area contributed by atoms with Crippen LogP contribution in [-0.2, 0) is 9.53 Å². The van der Waals surface area contributed by atoms with E-state index in [9.17, 15) is 9.59 Å². The second kappa shape index (κ2) is 4.97. The number of rotatable bonds is 4. The van der Waals surface area contributed by atoms with Crippen molar-refractivity contribution in [3.63, 3.8) is 0 Å². The Bertz CT molecular complexity index is 250. The molecule has 1 aliphatic rings. The Hall–Kier alpha value is -1.30. The summed E-state index contributed by atoms with van der Waals surface area (Å²) in [5.74, 6) is -1.25. The molecule has 2 amide bonds. The highest BCUT2D eigenvalue weighted by molar-refractivity contribution is 5.79. The highest BCUT2D eigenvalue weighted by Crippen LogP contribution is 2.15. The highest BCUT2D eigenvalue weighted by atomic mass is 16.5. The number of aliphatic carboxylic acids is 1. The van der Waals surface area contributed by atoms with Gasteiger partial charge in [0, 0.05) is 20.2 Å². The molecule has 1 heterocycles. The Labute approximate surface area is 88.2 Å². The van der Waals surface area contributed by atoms with Crippen molar-refractivity contribution in [2.24, 2.45) is 5.92 Å². The summed E-state index contributed by atoms with van der Waals surface area (Å²) in [4.78, 5) is 23.4. The van der Waals surface area contributed by atoms with E-state index in [1.807, 2.05) is 6.92 Å². The van der Waals surface area contributed by atoms with E-state index in [0.29, 0.717) is 19.7 Å². The Morgan fingerprint density at radius 1 is 1.60 bits per heavy atom. The number of urea groups is 1. The van der Waals surface area contributed by atoms with Crippen molar-refractivity contribution < 1.29 is 19.4 Å². The Balaban J connectivity index is 2.23. The van der Waals surface area contributed by atoms with Gasteiger partial charge in [-0.25, -0.2) is 4.79 Å². The molecule has 1 fully saturated rings. The summed E-state index contributed by atoms with van der Waals surface area (Å²) in [6.45, 7) is 2.86. The Morgan fingerprint density at radius 2 is 2.20 bits per heavy atom. The predicted octanol–water partition coefficient (Wildman–Crippen LogP) is -0.253. The minimum Gasteiger partial charge on any atom is -0.481 e. The van der Waals surface area contributed by atoms with Gasteiger partial charge >= 0.3 is 12.0 Å². The fourth-order valence-corrected chi connectivity index (χ4v) is 1.39. The number of hydrogen-bond donors (Lipinski definition) is 2. The maximum Gasteiger partial charge on any atom is 0.317 e. The second-order valence-electron chi connectivity index (χ2n) is 3.75. The third kappa shape index (κ3) is 3.09. The smallest absolute Gasteiger partial charge is 0.317 e. The fraction of sp³-hybridized carbons (Fsp3) is 0.778. The molecule has 6 nitrogen and oxygen atoms in total. The van der Waals surface area contributed by atoms with E-state index in [-0.39, 0.29) is 12.1 Å². The van der Waals surface area contributed by atoms with Gasteiger partial charge in [-0.2, -0.15) is 0 Å². The van der Waals surface area contributed by atoms with Crippen LogP contribution in [0.3, 0.4) is 0 Å². The van der Waals surface area contributed by atoms with Crippen molar-refractivity contribution in [3.8, 4) is 0 Å². The number of likely N-dealkylation sites (tertiary alicyclic amines) is 1. The summed E-state index contributed by atoms with van der Waals surface area (Å²) in [5, 5.41) is 11.3. The van der Waals surface area contributed by atoms with Crippen LogP contribution in [0, 0.1) is 5.92 Å². The maximum atomic E-state index is 11.4. The lowest BCUT2D eigenvalue weighted by atomic mass is 10.0. The largest absolute Gasteiger partial charge is 0.481 e. The first kappa shape index (κ1) is 11.8. The second-order valence-corrected chi connectivity index (χ2v) is 3.75. The summed E-state index contributed by atoms with van der Waals surface area (Å²) in [7, 11) is 1.56. The van der Waals surface area contributed by atoms with Gasteiger partial charge in [0.15, 0.2) is 0 Å². The van der Waals surface area contributed by atoms with Gasteiger partial charge in [-0.05, 0) is 6.92 Å². The van der Waals surface area contributed by atoms with Crippen LogP contribution < -0.4 is 5.32 Å². The van der Waals surface area contributed by atoms with Gasteiger partial charge in [0.2, 0.25) is 0 Å². The zero-order valence-corrected chi connectivity index (χ0v) is 8.90. The SMILES string of the molecule is COCC(C)NC(=O)N1CC(C(=O)O)C1. The molecule has 0 aromatic heterocycles. The number of carboxylic acids is 1. The van der Waals surface area contributed by atoms with Crippen LogP contribution in [0.4, 0.5) is 4.79 Å². The van der Waals surface area contributed by atoms with Crippen molar-refractivity contribution in [1.29, 1.82) is 0 Å². The molecule has 1 unspecified atom stereocenters. The number of ether oxygens (including phenoxy) is 1. The predicted molar refractivity (Wildman–Crippen MR) is 52.6 cm³/mol. The van der Waals surface area contributed by atoms with Crippen molar-refractivity contribution in [2.75, 3.05) is 26.8 Å². The van der Waals surface area contributed by atoms with E-state index in [0.717, 1.165) is 0 Å². The molecule has 1 aliphatic heterocycles. The van der Waals surface area contributed by atoms with Crippen LogP contribution in [0.1, 0.15) is 6.92 Å². The molecule has 0 aromatic carbocycles. The van der Waals surface area contributed by atoms with Gasteiger partial charge in [0.05, 0.1) is 18.6 Å². The lowest BCUT2D eigenvalue weighted by Crippen LogP contribution is -2.57. The van der Waals surface area contributed by atoms with E-state index in [2.05, 4.69) is 5.32 Å². The number of methoxy groups -OCH3 is 1. The normalized spacial score (nSPS) is 18.1. The number of nitrogens with zero attached hydrogens (tertiary/aromatic N) is 1. The van der Waals surface area contributed by atoms with Gasteiger partial charge < -0.3 is 20.1 Å². The molecule has 0 aliphatic carbocycles. The number of carbonyl (C=O) groups is 2. The van der Waals surface area contributed by atoms with Crippen molar-refractivity contribution in [2.45, 2.75) is 13.0 Å². The first-order valence-electron chi connectivity index (χ1n) is 4.81. The number of carbonyl (C=O) groups excluding carboxylic acids is 1. The summed E-state index contributed by atoms with van der Waals surface area (Å²) >= 11 is 0. The van der Waals surface area contributed by atoms with E-state index in [1.165, 1.54) is 4.90 Å². The first-order valence-corrected chi connectivity index (χ1v) is 4.81. The van der Waals surface area contributed by atoms with Crippen LogP contribution >= 0.6 is 0 Å². The highest BCUT2D eigenvalue weighted by Gasteiger charge is 2.35. The molecule has 6 heteroatoms. The molecule has 1 saturated heterocycles. The van der Waals surface area contributed by atoms with E-state index in [4.69, 9.17) is 9.84 Å². The van der Waals surface area contributed by atoms with Crippen molar-refractivity contribution in [3.05, 3.63) is 0 Å². The van der Waals surface area contributed by atoms with Crippen LogP contribution in [0.5, 0.6) is 0 Å². The summed E-state index contributed by atoms with van der Waals surface area (Å²) in [6.07, 6.45) is 0. The minimum absolute atomic E-state index is 0.0635. The molecule has 0 spiro atoms. The zero-order chi connectivity index (χ0) is 11.4. The molecule has 0 bridgehead atoms. The van der Waals surface area contributed by atoms with Gasteiger partial charge in [-0.3, -0.25) is 4.79 Å². The molecule has 0 saturated carbocycles. The number of hydrogen-bond acceptors (Lipinski definition) is 3. The van der Waals surface area contributed by atoms with Crippen molar-refractivity contribution >= 4 is 12.0 Å². The molecular weight excluding hydrogens is 200 g/mol. The van der Waals surface area contributed by atoms with Gasteiger partial charge in [-0.15, -0.1) is 0 Å². The zero-order valence-electron chi connectivity index (χ0n) is 8.90. The third-order valence-electron chi connectivity index (χ3n) is 2.30. The molecule has 0 aromatic rings. The quantitative estimate of drug-likeness (QED) is 0.679. The monoisotopic (exact) mass is 216 g/mol. The molecule has 1 rings (SSSR count). The van der Waals surface area contributed by atoms with Crippen LogP contribution in [0.2, 0.25) is 0 Å². The lowest BCUT2D eigenvalue weighted by molar-refractivity contribution is -0.146. The molecule has 86 valence electrons. The van der Waals surface area contributed by atoms with Gasteiger partial charge in [-0.1, -0.05) is 0 Å². The van der Waals surface area contributed by atoms with Crippen LogP contribution in [0.15, 0.2) is 0 Å². The average Bonchev–Trinajstić information content (AvgIpc) is 1.99. The number of carboxylic acid groups (broad SMARTS) is 1. The average molecular weight is 216 g/mol. The Morgan fingerprint density at radius 3 is 2.67 bits per heavy atom. The van der Waals surface area contributed by atoms with Gasteiger partial charge in [0.1, 0.15) is 0 Å². The molecule has 15 heavy (non-hydrogen) atoms. The maximum absolute atomic E-state index is 11.4. The first-order chi connectivity index (χ1) is 7.04. The summed E-state index contributed by atoms with van der Waals surface area (Å²) in [5.41, 5.74) is 0. The third-order valence-corrected chi connectivity index (χ3v) is 2.30. The van der Waals surface area contributed by atoms with Crippen molar-refractivity contribution in [1.82, 2.24) is 10.2 Å². The van der Waals surface area contributed by atoms with Crippen LogP contribution in [-0.4, -0.2) is 54.9 Å². The molecule has 0 radical (unpaired) electrons. The molecule has 2 N–H and O–H groups in total. The number of amides is 2. The lowest BCUT2D eigenvalue weighted by Gasteiger charge is -2.37. The molecular formula is C9H16N2O4. The Kier molecular flexibility index (Phi) is 3.90. The van der Waals surface area contributed by atoms with Gasteiger partial charge in [0.25, 0.3) is 0 Å². The number of nitrogens with one attached hydrogen (secondary N) is 1. The molecule has 1 atom stereocenters. The topological polar surface area (TPSA) is 78.9 Å².